The van der Waals surface area contributed by atoms with Crippen LogP contribution in [0.1, 0.15) is 61.6 Å². The Bertz CT molecular complexity index is 1110. The average molecular weight is 510 g/mol. The molecule has 0 unspecified atom stereocenters. The molecule has 1 aliphatic rings. The lowest BCUT2D eigenvalue weighted by Crippen LogP contribution is -2.20. The molecule has 36 heavy (non-hydrogen) atoms. The summed E-state index contributed by atoms with van der Waals surface area (Å²) in [6, 6.07) is 22.5. The van der Waals surface area contributed by atoms with Gasteiger partial charge in [0.05, 0.1) is 0 Å². The molecule has 0 amide bonds. The molecule has 1 fully saturated rings. The van der Waals surface area contributed by atoms with Crippen molar-refractivity contribution in [3.63, 3.8) is 0 Å². The second kappa shape index (κ2) is 13.1. The fourth-order valence-electron chi connectivity index (χ4n) is 5.27. The van der Waals surface area contributed by atoms with Gasteiger partial charge in [0.1, 0.15) is 5.82 Å². The molecule has 3 aromatic rings. The maximum absolute atomic E-state index is 15.1. The number of ether oxygens (including phenoxy) is 1. The van der Waals surface area contributed by atoms with E-state index in [9.17, 15) is 8.78 Å². The van der Waals surface area contributed by atoms with Crippen LogP contribution < -0.4 is 4.74 Å². The van der Waals surface area contributed by atoms with Gasteiger partial charge in [-0.1, -0.05) is 86.8 Å². The standard InChI is InChI=1S/C31H36F3OSi/c1-2-3-4-17-36-18-15-25(16-19-36)27-12-13-28(29(33)21-27)26-10-7-23(8-11-26)5-6-24-9-14-31(35-22-32)30(34)20-24/h7-14,20-21,25H,2-6,15-19,22H2,1H3. The Kier molecular flexibility index (Phi) is 9.68. The summed E-state index contributed by atoms with van der Waals surface area (Å²) in [5, 5.41) is 0. The molecular weight excluding hydrogens is 473 g/mol. The van der Waals surface area contributed by atoms with Crippen LogP contribution in [0.2, 0.25) is 18.1 Å². The van der Waals surface area contributed by atoms with Gasteiger partial charge in [-0.2, -0.15) is 0 Å². The monoisotopic (exact) mass is 509 g/mol. The van der Waals surface area contributed by atoms with Gasteiger partial charge < -0.3 is 4.74 Å². The van der Waals surface area contributed by atoms with Gasteiger partial charge in [0.15, 0.2) is 11.6 Å². The Morgan fingerprint density at radius 1 is 0.833 bits per heavy atom. The van der Waals surface area contributed by atoms with Gasteiger partial charge in [0.2, 0.25) is 6.86 Å². The predicted octanol–water partition coefficient (Wildman–Crippen LogP) is 9.29. The Balaban J connectivity index is 1.32. The molecular formula is C31H36F3OSi. The molecule has 5 heteroatoms. The van der Waals surface area contributed by atoms with Crippen LogP contribution in [0.15, 0.2) is 60.7 Å². The van der Waals surface area contributed by atoms with Crippen molar-refractivity contribution in [2.24, 2.45) is 0 Å². The molecule has 4 rings (SSSR count). The lowest BCUT2D eigenvalue weighted by molar-refractivity contribution is 0.184. The topological polar surface area (TPSA) is 9.23 Å². The zero-order valence-electron chi connectivity index (χ0n) is 21.2. The first kappa shape index (κ1) is 26.5. The molecule has 1 nitrogen and oxygen atoms in total. The number of benzene rings is 3. The van der Waals surface area contributed by atoms with E-state index in [0.29, 0.717) is 17.9 Å². The molecule has 1 radical (unpaired) electrons. The van der Waals surface area contributed by atoms with Crippen molar-refractivity contribution in [3.05, 3.63) is 89.0 Å². The molecule has 1 saturated heterocycles. The van der Waals surface area contributed by atoms with Gasteiger partial charge in [0.25, 0.3) is 0 Å². The second-order valence-electron chi connectivity index (χ2n) is 9.94. The van der Waals surface area contributed by atoms with Gasteiger partial charge in [0, 0.05) is 14.4 Å². The van der Waals surface area contributed by atoms with E-state index in [-0.39, 0.29) is 20.4 Å². The summed E-state index contributed by atoms with van der Waals surface area (Å²) >= 11 is 0. The van der Waals surface area contributed by atoms with Crippen molar-refractivity contribution in [2.45, 2.75) is 75.9 Å². The normalized spacial score (nSPS) is 14.8. The highest BCUT2D eigenvalue weighted by Gasteiger charge is 2.24. The molecule has 1 heterocycles. The molecule has 0 atom stereocenters. The summed E-state index contributed by atoms with van der Waals surface area (Å²) < 4.78 is 45.9. The Labute approximate surface area is 215 Å². The van der Waals surface area contributed by atoms with E-state index >= 15 is 4.39 Å². The van der Waals surface area contributed by atoms with E-state index < -0.39 is 12.7 Å². The van der Waals surface area contributed by atoms with Crippen molar-refractivity contribution in [1.82, 2.24) is 0 Å². The van der Waals surface area contributed by atoms with E-state index in [2.05, 4.69) is 17.7 Å². The van der Waals surface area contributed by atoms with Crippen LogP contribution in [0, 0.1) is 11.6 Å². The predicted molar refractivity (Wildman–Crippen MR) is 144 cm³/mol. The fourth-order valence-corrected chi connectivity index (χ4v) is 8.28. The summed E-state index contributed by atoms with van der Waals surface area (Å²) in [6.07, 6.45) is 7.85. The van der Waals surface area contributed by atoms with E-state index in [1.54, 1.807) is 12.1 Å². The van der Waals surface area contributed by atoms with Gasteiger partial charge in [-0.25, -0.2) is 13.2 Å². The minimum Gasteiger partial charge on any atom is -0.460 e. The highest BCUT2D eigenvalue weighted by Crippen LogP contribution is 2.37. The first-order valence-electron chi connectivity index (χ1n) is 13.3. The third kappa shape index (κ3) is 7.03. The van der Waals surface area contributed by atoms with Crippen molar-refractivity contribution in [3.8, 4) is 16.9 Å². The van der Waals surface area contributed by atoms with Gasteiger partial charge in [-0.05, 0) is 72.1 Å². The number of aryl methyl sites for hydroxylation is 2. The molecule has 0 N–H and O–H groups in total. The van der Waals surface area contributed by atoms with Gasteiger partial charge >= 0.3 is 0 Å². The van der Waals surface area contributed by atoms with Crippen LogP contribution in [0.4, 0.5) is 13.2 Å². The number of hydrogen-bond acceptors (Lipinski definition) is 1. The molecule has 0 aromatic heterocycles. The first-order chi connectivity index (χ1) is 17.6. The lowest BCUT2D eigenvalue weighted by atomic mass is 9.91. The molecule has 0 spiro atoms. The molecule has 0 saturated carbocycles. The van der Waals surface area contributed by atoms with Crippen molar-refractivity contribution >= 4 is 8.80 Å². The SMILES string of the molecule is CCCCC[Si]1CCC(c2ccc(-c3ccc(CCc4ccc(OCF)c(F)c4)cc3)c(F)c2)CC1. The van der Waals surface area contributed by atoms with Gasteiger partial charge in [-0.15, -0.1) is 0 Å². The summed E-state index contributed by atoms with van der Waals surface area (Å²) in [5.41, 5.74) is 4.57. The maximum atomic E-state index is 15.1. The Hall–Kier alpha value is -2.53. The first-order valence-corrected chi connectivity index (χ1v) is 15.4. The van der Waals surface area contributed by atoms with Crippen LogP contribution in [0.5, 0.6) is 5.75 Å². The minimum absolute atomic E-state index is 0.0740. The fraction of sp³-hybridized carbons (Fsp3) is 0.419. The van der Waals surface area contributed by atoms with Crippen LogP contribution >= 0.6 is 0 Å². The molecule has 3 aromatic carbocycles. The second-order valence-corrected chi connectivity index (χ2v) is 12.9. The van der Waals surface area contributed by atoms with Crippen LogP contribution in [-0.2, 0) is 12.8 Å². The highest BCUT2D eigenvalue weighted by atomic mass is 28.3. The van der Waals surface area contributed by atoms with Crippen molar-refractivity contribution < 1.29 is 17.9 Å². The van der Waals surface area contributed by atoms with E-state index in [1.165, 1.54) is 62.4 Å². The number of hydrogen-bond donors (Lipinski definition) is 0. The third-order valence-corrected chi connectivity index (χ3v) is 10.5. The van der Waals surface area contributed by atoms with Crippen LogP contribution in [-0.4, -0.2) is 15.7 Å². The summed E-state index contributed by atoms with van der Waals surface area (Å²) in [4.78, 5) is 0. The van der Waals surface area contributed by atoms with Crippen LogP contribution in [0.3, 0.4) is 0 Å². The van der Waals surface area contributed by atoms with E-state index in [1.807, 2.05) is 30.3 Å². The van der Waals surface area contributed by atoms with E-state index in [4.69, 9.17) is 0 Å². The number of unbranched alkanes of at least 4 members (excludes halogenated alkanes) is 2. The van der Waals surface area contributed by atoms with Crippen LogP contribution in [0.25, 0.3) is 11.1 Å². The molecule has 0 aliphatic carbocycles. The summed E-state index contributed by atoms with van der Waals surface area (Å²) in [7, 11) is -0.185. The highest BCUT2D eigenvalue weighted by molar-refractivity contribution is 6.59. The quantitative estimate of drug-likeness (QED) is 0.185. The number of rotatable bonds is 11. The van der Waals surface area contributed by atoms with Crippen molar-refractivity contribution in [1.29, 1.82) is 0 Å². The minimum atomic E-state index is -1.05. The maximum Gasteiger partial charge on any atom is 0.228 e. The summed E-state index contributed by atoms with van der Waals surface area (Å²) in [6.45, 7) is 1.22. The number of alkyl halides is 1. The molecule has 191 valence electrons. The van der Waals surface area contributed by atoms with Gasteiger partial charge in [-0.3, -0.25) is 0 Å². The zero-order valence-corrected chi connectivity index (χ0v) is 22.2. The summed E-state index contributed by atoms with van der Waals surface area (Å²) in [5.74, 6) is -0.278. The zero-order chi connectivity index (χ0) is 25.3. The Morgan fingerprint density at radius 2 is 1.56 bits per heavy atom. The lowest BCUT2D eigenvalue weighted by Gasteiger charge is -2.28. The van der Waals surface area contributed by atoms with Crippen molar-refractivity contribution in [2.75, 3.05) is 6.86 Å². The smallest absolute Gasteiger partial charge is 0.228 e. The molecule has 0 bridgehead atoms. The average Bonchev–Trinajstić information content (AvgIpc) is 2.90. The largest absolute Gasteiger partial charge is 0.460 e. The molecule has 1 aliphatic heterocycles. The number of halogens is 3. The Morgan fingerprint density at radius 3 is 2.22 bits per heavy atom. The third-order valence-electron chi connectivity index (χ3n) is 7.46. The van der Waals surface area contributed by atoms with E-state index in [0.717, 1.165) is 28.7 Å².